The highest BCUT2D eigenvalue weighted by Gasteiger charge is 2.36. The Morgan fingerprint density at radius 2 is 2.20 bits per heavy atom. The summed E-state index contributed by atoms with van der Waals surface area (Å²) in [6, 6.07) is 5.87. The Labute approximate surface area is 126 Å². The van der Waals surface area contributed by atoms with Crippen LogP contribution in [0.15, 0.2) is 18.2 Å². The molecule has 3 heteroatoms. The zero-order valence-corrected chi connectivity index (χ0v) is 13.4. The summed E-state index contributed by atoms with van der Waals surface area (Å²) in [5, 5.41) is 3.23. The van der Waals surface area contributed by atoms with Crippen molar-refractivity contribution in [1.82, 2.24) is 5.32 Å². The quantitative estimate of drug-likeness (QED) is 0.831. The number of carbonyl (C=O) groups excluding carboxylic acids is 1. The van der Waals surface area contributed by atoms with Gasteiger partial charge in [0.2, 0.25) is 0 Å². The van der Waals surface area contributed by atoms with Crippen LogP contribution >= 0.6 is 11.6 Å². The topological polar surface area (TPSA) is 29.1 Å². The van der Waals surface area contributed by atoms with Crippen molar-refractivity contribution < 1.29 is 4.79 Å². The first-order chi connectivity index (χ1) is 9.47. The van der Waals surface area contributed by atoms with E-state index >= 15 is 0 Å². The third-order valence-corrected chi connectivity index (χ3v) is 5.09. The van der Waals surface area contributed by atoms with Gasteiger partial charge in [-0.05, 0) is 49.8 Å². The van der Waals surface area contributed by atoms with Crippen molar-refractivity contribution in [1.29, 1.82) is 0 Å². The van der Waals surface area contributed by atoms with Crippen molar-refractivity contribution in [3.63, 3.8) is 0 Å². The molecule has 0 bridgehead atoms. The molecular weight excluding hydrogens is 270 g/mol. The smallest absolute Gasteiger partial charge is 0.252 e. The highest BCUT2D eigenvalue weighted by molar-refractivity contribution is 6.19. The monoisotopic (exact) mass is 293 g/mol. The summed E-state index contributed by atoms with van der Waals surface area (Å²) in [6.45, 7) is 6.28. The first kappa shape index (κ1) is 15.4. The minimum Gasteiger partial charge on any atom is -0.345 e. The van der Waals surface area contributed by atoms with E-state index in [9.17, 15) is 4.79 Å². The predicted molar refractivity (Wildman–Crippen MR) is 84.5 cm³/mol. The molecule has 1 aromatic carbocycles. The second kappa shape index (κ2) is 6.17. The molecule has 1 aliphatic rings. The molecule has 2 unspecified atom stereocenters. The van der Waals surface area contributed by atoms with Gasteiger partial charge in [0, 0.05) is 11.4 Å². The number of aryl methyl sites for hydroxylation is 1. The molecule has 0 aliphatic heterocycles. The van der Waals surface area contributed by atoms with Crippen molar-refractivity contribution in [2.24, 2.45) is 5.92 Å². The number of hydrogen-bond acceptors (Lipinski definition) is 1. The molecule has 2 rings (SSSR count). The molecule has 0 saturated heterocycles. The van der Waals surface area contributed by atoms with E-state index in [-0.39, 0.29) is 11.4 Å². The summed E-state index contributed by atoms with van der Waals surface area (Å²) in [4.78, 5) is 12.6. The number of amides is 1. The average molecular weight is 294 g/mol. The second-order valence-electron chi connectivity index (χ2n) is 6.32. The minimum atomic E-state index is -0.230. The van der Waals surface area contributed by atoms with Gasteiger partial charge in [-0.25, -0.2) is 0 Å². The molecule has 1 fully saturated rings. The fraction of sp³-hybridized carbons (Fsp3) is 0.588. The highest BCUT2D eigenvalue weighted by atomic mass is 35.5. The van der Waals surface area contributed by atoms with Gasteiger partial charge in [0.15, 0.2) is 0 Å². The molecule has 1 N–H and O–H groups in total. The lowest BCUT2D eigenvalue weighted by Crippen LogP contribution is -2.52. The van der Waals surface area contributed by atoms with E-state index in [1.54, 1.807) is 0 Å². The van der Waals surface area contributed by atoms with Crippen LogP contribution in [0.1, 0.15) is 54.1 Å². The lowest BCUT2D eigenvalue weighted by atomic mass is 9.77. The van der Waals surface area contributed by atoms with E-state index in [0.717, 1.165) is 36.0 Å². The molecule has 2 atom stereocenters. The van der Waals surface area contributed by atoms with E-state index in [1.807, 2.05) is 32.0 Å². The molecule has 110 valence electrons. The van der Waals surface area contributed by atoms with Crippen molar-refractivity contribution in [2.45, 2.75) is 52.0 Å². The van der Waals surface area contributed by atoms with Gasteiger partial charge in [-0.2, -0.15) is 0 Å². The minimum absolute atomic E-state index is 0.0148. The summed E-state index contributed by atoms with van der Waals surface area (Å²) in [7, 11) is 0. The van der Waals surface area contributed by atoms with Crippen LogP contribution in [0.4, 0.5) is 0 Å². The number of carbonyl (C=O) groups is 1. The summed E-state index contributed by atoms with van der Waals surface area (Å²) >= 11 is 6.19. The average Bonchev–Trinajstić information content (AvgIpc) is 2.41. The third kappa shape index (κ3) is 3.17. The van der Waals surface area contributed by atoms with Crippen LogP contribution in [0.5, 0.6) is 0 Å². The molecule has 1 amide bonds. The van der Waals surface area contributed by atoms with Crippen LogP contribution in [0.3, 0.4) is 0 Å². The van der Waals surface area contributed by atoms with Crippen molar-refractivity contribution in [3.8, 4) is 0 Å². The van der Waals surface area contributed by atoms with E-state index in [0.29, 0.717) is 11.8 Å². The van der Waals surface area contributed by atoms with E-state index in [1.165, 1.54) is 6.42 Å². The maximum atomic E-state index is 12.6. The molecular formula is C17H24ClNO. The summed E-state index contributed by atoms with van der Waals surface area (Å²) in [5.41, 5.74) is 2.74. The van der Waals surface area contributed by atoms with Crippen LogP contribution in [-0.4, -0.2) is 17.3 Å². The third-order valence-electron chi connectivity index (χ3n) is 4.58. The molecule has 20 heavy (non-hydrogen) atoms. The molecule has 1 aliphatic carbocycles. The van der Waals surface area contributed by atoms with Crippen molar-refractivity contribution in [2.75, 3.05) is 5.88 Å². The number of halogens is 1. The number of hydrogen-bond donors (Lipinski definition) is 1. The number of alkyl halides is 1. The summed E-state index contributed by atoms with van der Waals surface area (Å²) in [5.74, 6) is 1.14. The Balaban J connectivity index is 2.19. The van der Waals surface area contributed by atoms with Crippen LogP contribution in [-0.2, 0) is 0 Å². The van der Waals surface area contributed by atoms with Gasteiger partial charge in [0.1, 0.15) is 0 Å². The normalized spacial score (nSPS) is 26.3. The molecule has 1 saturated carbocycles. The molecule has 1 aromatic rings. The standard InChI is InChI=1S/C17H24ClNO/c1-12-6-5-9-17(10-12,11-18)19-16(20)15-8-4-7-13(2)14(15)3/h4,7-8,12H,5-6,9-11H2,1-3H3,(H,19,20). The molecule has 2 nitrogen and oxygen atoms in total. The Morgan fingerprint density at radius 1 is 1.45 bits per heavy atom. The SMILES string of the molecule is Cc1cccc(C(=O)NC2(CCl)CCCC(C)C2)c1C. The zero-order chi connectivity index (χ0) is 14.8. The zero-order valence-electron chi connectivity index (χ0n) is 12.6. The molecule has 0 heterocycles. The first-order valence-corrected chi connectivity index (χ1v) is 7.95. The first-order valence-electron chi connectivity index (χ1n) is 7.42. The molecule has 0 radical (unpaired) electrons. The fourth-order valence-corrected chi connectivity index (χ4v) is 3.54. The summed E-state index contributed by atoms with van der Waals surface area (Å²) < 4.78 is 0. The van der Waals surface area contributed by atoms with Gasteiger partial charge >= 0.3 is 0 Å². The van der Waals surface area contributed by atoms with E-state index in [4.69, 9.17) is 11.6 Å². The highest BCUT2D eigenvalue weighted by Crippen LogP contribution is 2.33. The second-order valence-corrected chi connectivity index (χ2v) is 6.58. The Bertz CT molecular complexity index is 500. The molecule has 0 aromatic heterocycles. The largest absolute Gasteiger partial charge is 0.345 e. The van der Waals surface area contributed by atoms with Gasteiger partial charge in [0.25, 0.3) is 5.91 Å². The van der Waals surface area contributed by atoms with Gasteiger partial charge in [0.05, 0.1) is 5.54 Å². The Kier molecular flexibility index (Phi) is 4.74. The van der Waals surface area contributed by atoms with Gasteiger partial charge in [-0.1, -0.05) is 31.9 Å². The number of benzene rings is 1. The predicted octanol–water partition coefficient (Wildman–Crippen LogP) is 4.22. The molecule has 0 spiro atoms. The lowest BCUT2D eigenvalue weighted by molar-refractivity contribution is 0.0866. The van der Waals surface area contributed by atoms with Crippen molar-refractivity contribution in [3.05, 3.63) is 34.9 Å². The number of rotatable bonds is 3. The van der Waals surface area contributed by atoms with Crippen LogP contribution in [0, 0.1) is 19.8 Å². The van der Waals surface area contributed by atoms with Gasteiger partial charge < -0.3 is 5.32 Å². The Morgan fingerprint density at radius 3 is 2.85 bits per heavy atom. The Hall–Kier alpha value is -1.02. The van der Waals surface area contributed by atoms with Gasteiger partial charge in [-0.3, -0.25) is 4.79 Å². The van der Waals surface area contributed by atoms with E-state index in [2.05, 4.69) is 12.2 Å². The maximum absolute atomic E-state index is 12.6. The fourth-order valence-electron chi connectivity index (χ4n) is 3.23. The van der Waals surface area contributed by atoms with Crippen LogP contribution < -0.4 is 5.32 Å². The van der Waals surface area contributed by atoms with Crippen molar-refractivity contribution >= 4 is 17.5 Å². The maximum Gasteiger partial charge on any atom is 0.252 e. The number of nitrogens with one attached hydrogen (secondary N) is 1. The summed E-state index contributed by atoms with van der Waals surface area (Å²) in [6.07, 6.45) is 4.34. The van der Waals surface area contributed by atoms with Crippen LogP contribution in [0.25, 0.3) is 0 Å². The van der Waals surface area contributed by atoms with E-state index < -0.39 is 0 Å². The van der Waals surface area contributed by atoms with Gasteiger partial charge in [-0.15, -0.1) is 11.6 Å². The lowest BCUT2D eigenvalue weighted by Gasteiger charge is -2.39. The van der Waals surface area contributed by atoms with Crippen LogP contribution in [0.2, 0.25) is 0 Å².